The highest BCUT2D eigenvalue weighted by atomic mass is 32.1. The summed E-state index contributed by atoms with van der Waals surface area (Å²) in [4.78, 5) is 16.8. The van der Waals surface area contributed by atoms with Crippen LogP contribution in [-0.2, 0) is 27.1 Å². The minimum Gasteiger partial charge on any atom is -0.469 e. The number of rotatable bonds is 2. The average molecular weight is 241 g/mol. The minimum absolute atomic E-state index is 0.0858. The van der Waals surface area contributed by atoms with Gasteiger partial charge in [-0.15, -0.1) is 11.3 Å². The Bertz CT molecular complexity index is 402. The molecule has 5 heteroatoms. The van der Waals surface area contributed by atoms with Crippen molar-refractivity contribution in [1.82, 2.24) is 4.98 Å². The largest absolute Gasteiger partial charge is 0.469 e. The molecule has 16 heavy (non-hydrogen) atoms. The zero-order chi connectivity index (χ0) is 11.7. The lowest BCUT2D eigenvalue weighted by atomic mass is 10.1. The third-order valence-corrected chi connectivity index (χ3v) is 3.84. The highest BCUT2D eigenvalue weighted by Crippen LogP contribution is 2.34. The minimum atomic E-state index is -0.243. The van der Waals surface area contributed by atoms with Crippen molar-refractivity contribution in [1.29, 1.82) is 0 Å². The predicted molar refractivity (Wildman–Crippen MR) is 60.5 cm³/mol. The standard InChI is InChI=1S/C11H15NO3S/c1-6-4-8-11(7(2)15-6)16-9(12-8)5-10(13)14-3/h6-7H,4-5H2,1-3H3. The Morgan fingerprint density at radius 1 is 1.62 bits per heavy atom. The first kappa shape index (κ1) is 11.5. The SMILES string of the molecule is COC(=O)Cc1nc2c(s1)C(C)OC(C)C2. The van der Waals surface area contributed by atoms with Gasteiger partial charge in [0.1, 0.15) is 5.01 Å². The molecule has 2 atom stereocenters. The molecule has 88 valence electrons. The van der Waals surface area contributed by atoms with Crippen LogP contribution >= 0.6 is 11.3 Å². The summed E-state index contributed by atoms with van der Waals surface area (Å²) < 4.78 is 10.3. The topological polar surface area (TPSA) is 48.4 Å². The zero-order valence-corrected chi connectivity index (χ0v) is 10.5. The summed E-state index contributed by atoms with van der Waals surface area (Å²) in [6.07, 6.45) is 1.38. The molecule has 0 radical (unpaired) electrons. The number of thiazole rings is 1. The van der Waals surface area contributed by atoms with Crippen molar-refractivity contribution >= 4 is 17.3 Å². The second-order valence-corrected chi connectivity index (χ2v) is 5.08. The molecule has 0 saturated carbocycles. The molecule has 4 nitrogen and oxygen atoms in total. The fourth-order valence-electron chi connectivity index (χ4n) is 1.88. The Kier molecular flexibility index (Phi) is 3.25. The van der Waals surface area contributed by atoms with Gasteiger partial charge < -0.3 is 9.47 Å². The van der Waals surface area contributed by atoms with Crippen molar-refractivity contribution in [3.05, 3.63) is 15.6 Å². The van der Waals surface area contributed by atoms with Crippen molar-refractivity contribution in [3.63, 3.8) is 0 Å². The van der Waals surface area contributed by atoms with Gasteiger partial charge in [-0.2, -0.15) is 0 Å². The molecule has 0 bridgehead atoms. The number of esters is 1. The molecule has 0 aromatic carbocycles. The summed E-state index contributed by atoms with van der Waals surface area (Å²) in [5.41, 5.74) is 1.08. The van der Waals surface area contributed by atoms with Gasteiger partial charge >= 0.3 is 5.97 Å². The van der Waals surface area contributed by atoms with E-state index in [0.29, 0.717) is 0 Å². The monoisotopic (exact) mass is 241 g/mol. The van der Waals surface area contributed by atoms with Crippen molar-refractivity contribution in [2.75, 3.05) is 7.11 Å². The second-order valence-electron chi connectivity index (χ2n) is 3.96. The van der Waals surface area contributed by atoms with E-state index in [1.165, 1.54) is 7.11 Å². The maximum absolute atomic E-state index is 11.2. The zero-order valence-electron chi connectivity index (χ0n) is 9.65. The molecular weight excluding hydrogens is 226 g/mol. The number of aromatic nitrogens is 1. The van der Waals surface area contributed by atoms with Gasteiger partial charge in [0, 0.05) is 6.42 Å². The fourth-order valence-corrected chi connectivity index (χ4v) is 2.95. The average Bonchev–Trinajstić information content (AvgIpc) is 2.60. The number of fused-ring (bicyclic) bond motifs is 1. The van der Waals surface area contributed by atoms with Crippen molar-refractivity contribution in [2.45, 2.75) is 38.9 Å². The molecule has 2 heterocycles. The fraction of sp³-hybridized carbons (Fsp3) is 0.636. The maximum Gasteiger partial charge on any atom is 0.312 e. The number of nitrogens with zero attached hydrogens (tertiary/aromatic N) is 1. The molecule has 0 fully saturated rings. The lowest BCUT2D eigenvalue weighted by molar-refractivity contribution is -0.139. The quantitative estimate of drug-likeness (QED) is 0.742. The number of carbonyl (C=O) groups excluding carboxylic acids is 1. The predicted octanol–water partition coefficient (Wildman–Crippen LogP) is 1.88. The molecule has 1 aliphatic rings. The molecule has 1 aromatic rings. The van der Waals surface area contributed by atoms with E-state index >= 15 is 0 Å². The van der Waals surface area contributed by atoms with Crippen LogP contribution in [0, 0.1) is 0 Å². The van der Waals surface area contributed by atoms with Crippen LogP contribution in [0.5, 0.6) is 0 Å². The smallest absolute Gasteiger partial charge is 0.312 e. The Balaban J connectivity index is 2.20. The summed E-state index contributed by atoms with van der Waals surface area (Å²) in [5, 5.41) is 0.821. The summed E-state index contributed by atoms with van der Waals surface area (Å²) in [7, 11) is 1.39. The van der Waals surface area contributed by atoms with E-state index in [4.69, 9.17) is 4.74 Å². The van der Waals surface area contributed by atoms with Gasteiger partial charge in [0.25, 0.3) is 0 Å². The Labute approximate surface area is 98.6 Å². The Hall–Kier alpha value is -0.940. The van der Waals surface area contributed by atoms with E-state index in [1.54, 1.807) is 11.3 Å². The number of carbonyl (C=O) groups is 1. The molecule has 2 rings (SSSR count). The molecule has 0 N–H and O–H groups in total. The molecular formula is C11H15NO3S. The highest BCUT2D eigenvalue weighted by molar-refractivity contribution is 7.11. The van der Waals surface area contributed by atoms with Gasteiger partial charge in [-0.25, -0.2) is 4.98 Å². The van der Waals surface area contributed by atoms with Gasteiger partial charge in [-0.1, -0.05) is 0 Å². The van der Waals surface area contributed by atoms with Gasteiger partial charge in [-0.05, 0) is 13.8 Å². The highest BCUT2D eigenvalue weighted by Gasteiger charge is 2.26. The molecule has 1 aliphatic heterocycles. The van der Waals surface area contributed by atoms with Crippen LogP contribution in [0.2, 0.25) is 0 Å². The molecule has 0 spiro atoms. The first-order valence-corrected chi connectivity index (χ1v) is 6.12. The summed E-state index contributed by atoms with van der Waals surface area (Å²) in [5.74, 6) is -0.243. The number of ether oxygens (including phenoxy) is 2. The summed E-state index contributed by atoms with van der Waals surface area (Å²) in [6.45, 7) is 4.06. The molecule has 0 saturated heterocycles. The number of hydrogen-bond acceptors (Lipinski definition) is 5. The van der Waals surface area contributed by atoms with Gasteiger partial charge in [0.15, 0.2) is 0 Å². The summed E-state index contributed by atoms with van der Waals surface area (Å²) >= 11 is 1.55. The number of hydrogen-bond donors (Lipinski definition) is 0. The third kappa shape index (κ3) is 2.25. The van der Waals surface area contributed by atoms with Crippen molar-refractivity contribution in [2.24, 2.45) is 0 Å². The van der Waals surface area contributed by atoms with Crippen LogP contribution in [0.25, 0.3) is 0 Å². The lowest BCUT2D eigenvalue weighted by Gasteiger charge is -2.23. The van der Waals surface area contributed by atoms with Crippen LogP contribution in [0.4, 0.5) is 0 Å². The van der Waals surface area contributed by atoms with Gasteiger partial charge in [-0.3, -0.25) is 4.79 Å². The van der Waals surface area contributed by atoms with E-state index in [9.17, 15) is 4.79 Å². The van der Waals surface area contributed by atoms with E-state index in [0.717, 1.165) is 22.0 Å². The first-order chi connectivity index (χ1) is 7.60. The molecule has 1 aromatic heterocycles. The van der Waals surface area contributed by atoms with E-state index in [-0.39, 0.29) is 24.6 Å². The maximum atomic E-state index is 11.2. The normalized spacial score (nSPS) is 23.9. The Morgan fingerprint density at radius 2 is 2.38 bits per heavy atom. The lowest BCUT2D eigenvalue weighted by Crippen LogP contribution is -2.20. The molecule has 0 amide bonds. The molecule has 2 unspecified atom stereocenters. The van der Waals surface area contributed by atoms with Crippen LogP contribution in [0.3, 0.4) is 0 Å². The van der Waals surface area contributed by atoms with E-state index in [2.05, 4.69) is 9.72 Å². The Morgan fingerprint density at radius 3 is 3.06 bits per heavy atom. The van der Waals surface area contributed by atoms with E-state index in [1.807, 2.05) is 13.8 Å². The van der Waals surface area contributed by atoms with Crippen molar-refractivity contribution in [3.8, 4) is 0 Å². The second kappa shape index (κ2) is 4.51. The third-order valence-electron chi connectivity index (χ3n) is 2.58. The van der Waals surface area contributed by atoms with Crippen LogP contribution in [-0.4, -0.2) is 24.2 Å². The van der Waals surface area contributed by atoms with Gasteiger partial charge in [0.2, 0.25) is 0 Å². The summed E-state index contributed by atoms with van der Waals surface area (Å²) in [6, 6.07) is 0. The van der Waals surface area contributed by atoms with Crippen LogP contribution in [0.1, 0.15) is 35.5 Å². The van der Waals surface area contributed by atoms with Crippen molar-refractivity contribution < 1.29 is 14.3 Å². The van der Waals surface area contributed by atoms with E-state index < -0.39 is 0 Å². The first-order valence-electron chi connectivity index (χ1n) is 5.31. The molecule has 0 aliphatic carbocycles. The number of methoxy groups -OCH3 is 1. The van der Waals surface area contributed by atoms with Gasteiger partial charge in [0.05, 0.1) is 36.3 Å². The van der Waals surface area contributed by atoms with Crippen LogP contribution in [0.15, 0.2) is 0 Å². The van der Waals surface area contributed by atoms with Crippen LogP contribution < -0.4 is 0 Å².